The van der Waals surface area contributed by atoms with Crippen LogP contribution in [0.25, 0.3) is 0 Å². The van der Waals surface area contributed by atoms with Crippen molar-refractivity contribution in [3.05, 3.63) is 65.7 Å². The molecule has 0 aliphatic heterocycles. The molecule has 0 aliphatic rings. The van der Waals surface area contributed by atoms with Crippen LogP contribution in [0.4, 0.5) is 0 Å². The quantitative estimate of drug-likeness (QED) is 0.850. The van der Waals surface area contributed by atoms with Crippen molar-refractivity contribution < 1.29 is 14.3 Å². The van der Waals surface area contributed by atoms with E-state index in [1.165, 1.54) is 0 Å². The molecule has 25 heavy (non-hydrogen) atoms. The maximum absolute atomic E-state index is 12.2. The molecule has 0 unspecified atom stereocenters. The third-order valence-electron chi connectivity index (χ3n) is 3.27. The van der Waals surface area contributed by atoms with Crippen LogP contribution in [0.5, 0.6) is 5.75 Å². The summed E-state index contributed by atoms with van der Waals surface area (Å²) in [5, 5.41) is 5.41. The summed E-state index contributed by atoms with van der Waals surface area (Å²) >= 11 is 0. The molecule has 0 radical (unpaired) electrons. The first-order chi connectivity index (χ1) is 11.8. The lowest BCUT2D eigenvalue weighted by Gasteiger charge is -2.20. The Morgan fingerprint density at radius 1 is 1.00 bits per heavy atom. The fourth-order valence-electron chi connectivity index (χ4n) is 2.19. The van der Waals surface area contributed by atoms with Gasteiger partial charge in [-0.1, -0.05) is 36.4 Å². The highest BCUT2D eigenvalue weighted by molar-refractivity contribution is 5.96. The summed E-state index contributed by atoms with van der Waals surface area (Å²) in [4.78, 5) is 24.0. The second kappa shape index (κ2) is 8.33. The lowest BCUT2D eigenvalue weighted by Crippen LogP contribution is -2.45. The van der Waals surface area contributed by atoms with Gasteiger partial charge in [-0.05, 0) is 44.5 Å². The zero-order valence-electron chi connectivity index (χ0n) is 14.8. The predicted molar refractivity (Wildman–Crippen MR) is 97.4 cm³/mol. The van der Waals surface area contributed by atoms with E-state index in [9.17, 15) is 9.59 Å². The standard InChI is InChI=1S/C20H24N2O3/c1-20(2,3)22-18(23)13-21-19(24)16-10-7-11-17(12-16)25-14-15-8-5-4-6-9-15/h4-12H,13-14H2,1-3H3,(H,21,24)(H,22,23). The predicted octanol–water partition coefficient (Wildman–Crippen LogP) is 2.91. The average Bonchev–Trinajstić information content (AvgIpc) is 2.57. The van der Waals surface area contributed by atoms with Gasteiger partial charge in [0, 0.05) is 11.1 Å². The van der Waals surface area contributed by atoms with Gasteiger partial charge in [0.05, 0.1) is 6.54 Å². The topological polar surface area (TPSA) is 67.4 Å². The minimum Gasteiger partial charge on any atom is -0.489 e. The van der Waals surface area contributed by atoms with Crippen LogP contribution in [0.2, 0.25) is 0 Å². The number of rotatable bonds is 6. The highest BCUT2D eigenvalue weighted by atomic mass is 16.5. The Morgan fingerprint density at radius 2 is 1.72 bits per heavy atom. The Morgan fingerprint density at radius 3 is 2.40 bits per heavy atom. The van der Waals surface area contributed by atoms with Gasteiger partial charge in [0.25, 0.3) is 5.91 Å². The van der Waals surface area contributed by atoms with E-state index in [-0.39, 0.29) is 23.9 Å². The van der Waals surface area contributed by atoms with Crippen molar-refractivity contribution in [2.45, 2.75) is 32.9 Å². The first kappa shape index (κ1) is 18.5. The maximum Gasteiger partial charge on any atom is 0.251 e. The van der Waals surface area contributed by atoms with Crippen LogP contribution < -0.4 is 15.4 Å². The molecule has 2 amide bonds. The Balaban J connectivity index is 1.89. The largest absolute Gasteiger partial charge is 0.489 e. The van der Waals surface area contributed by atoms with Crippen molar-refractivity contribution in [2.75, 3.05) is 6.54 Å². The normalized spacial score (nSPS) is 10.8. The van der Waals surface area contributed by atoms with Gasteiger partial charge in [0.1, 0.15) is 12.4 Å². The molecular weight excluding hydrogens is 316 g/mol. The first-order valence-electron chi connectivity index (χ1n) is 8.19. The van der Waals surface area contributed by atoms with Crippen LogP contribution in [0, 0.1) is 0 Å². The summed E-state index contributed by atoms with van der Waals surface area (Å²) in [5.41, 5.74) is 1.18. The molecule has 0 spiro atoms. The third-order valence-corrected chi connectivity index (χ3v) is 3.27. The summed E-state index contributed by atoms with van der Waals surface area (Å²) < 4.78 is 5.72. The molecule has 2 aromatic carbocycles. The smallest absolute Gasteiger partial charge is 0.251 e. The summed E-state index contributed by atoms with van der Waals surface area (Å²) in [6.45, 7) is 6.03. The number of hydrogen-bond acceptors (Lipinski definition) is 3. The van der Waals surface area contributed by atoms with E-state index in [4.69, 9.17) is 4.74 Å². The molecule has 5 nitrogen and oxygen atoms in total. The monoisotopic (exact) mass is 340 g/mol. The highest BCUT2D eigenvalue weighted by Gasteiger charge is 2.15. The van der Waals surface area contributed by atoms with Gasteiger partial charge in [-0.15, -0.1) is 0 Å². The van der Waals surface area contributed by atoms with Gasteiger partial charge >= 0.3 is 0 Å². The number of ether oxygens (including phenoxy) is 1. The van der Waals surface area contributed by atoms with Gasteiger partial charge in [-0.2, -0.15) is 0 Å². The zero-order chi connectivity index (χ0) is 18.3. The van der Waals surface area contributed by atoms with Crippen molar-refractivity contribution in [2.24, 2.45) is 0 Å². The van der Waals surface area contributed by atoms with Crippen LogP contribution >= 0.6 is 0 Å². The number of benzene rings is 2. The number of carbonyl (C=O) groups excluding carboxylic acids is 2. The molecule has 5 heteroatoms. The Hall–Kier alpha value is -2.82. The van der Waals surface area contributed by atoms with E-state index in [0.717, 1.165) is 5.56 Å². The second-order valence-corrected chi connectivity index (χ2v) is 6.78. The average molecular weight is 340 g/mol. The zero-order valence-corrected chi connectivity index (χ0v) is 14.8. The molecule has 132 valence electrons. The molecule has 2 N–H and O–H groups in total. The molecule has 0 saturated heterocycles. The molecule has 0 aromatic heterocycles. The van der Waals surface area contributed by atoms with Crippen molar-refractivity contribution in [1.82, 2.24) is 10.6 Å². The molecular formula is C20H24N2O3. The van der Waals surface area contributed by atoms with E-state index < -0.39 is 0 Å². The summed E-state index contributed by atoms with van der Waals surface area (Å²) in [6, 6.07) is 16.7. The molecule has 0 aliphatic carbocycles. The van der Waals surface area contributed by atoms with Gasteiger partial charge in [-0.3, -0.25) is 9.59 Å². The number of amides is 2. The number of hydrogen-bond donors (Lipinski definition) is 2. The molecule has 0 atom stereocenters. The van der Waals surface area contributed by atoms with E-state index in [2.05, 4.69) is 10.6 Å². The van der Waals surface area contributed by atoms with Crippen molar-refractivity contribution >= 4 is 11.8 Å². The van der Waals surface area contributed by atoms with E-state index in [1.807, 2.05) is 51.1 Å². The van der Waals surface area contributed by atoms with E-state index >= 15 is 0 Å². The van der Waals surface area contributed by atoms with Crippen molar-refractivity contribution in [3.63, 3.8) is 0 Å². The van der Waals surface area contributed by atoms with Gasteiger partial charge in [0.15, 0.2) is 0 Å². The van der Waals surface area contributed by atoms with Crippen LogP contribution in [-0.2, 0) is 11.4 Å². The van der Waals surface area contributed by atoms with Gasteiger partial charge in [-0.25, -0.2) is 0 Å². The summed E-state index contributed by atoms with van der Waals surface area (Å²) in [5.74, 6) is 0.0715. The van der Waals surface area contributed by atoms with Gasteiger partial charge in [0.2, 0.25) is 5.91 Å². The van der Waals surface area contributed by atoms with E-state index in [1.54, 1.807) is 24.3 Å². The molecule has 2 aromatic rings. The molecule has 0 bridgehead atoms. The minimum absolute atomic E-state index is 0.0643. The van der Waals surface area contributed by atoms with Crippen molar-refractivity contribution in [3.8, 4) is 5.75 Å². The first-order valence-corrected chi connectivity index (χ1v) is 8.19. The Kier molecular flexibility index (Phi) is 6.17. The van der Waals surface area contributed by atoms with Gasteiger partial charge < -0.3 is 15.4 Å². The van der Waals surface area contributed by atoms with Crippen LogP contribution in [0.15, 0.2) is 54.6 Å². The number of carbonyl (C=O) groups is 2. The van der Waals surface area contributed by atoms with Crippen molar-refractivity contribution in [1.29, 1.82) is 0 Å². The fourth-order valence-corrected chi connectivity index (χ4v) is 2.19. The molecule has 0 heterocycles. The fraction of sp³-hybridized carbons (Fsp3) is 0.300. The second-order valence-electron chi connectivity index (χ2n) is 6.78. The maximum atomic E-state index is 12.2. The Labute approximate surface area is 148 Å². The lowest BCUT2D eigenvalue weighted by atomic mass is 10.1. The minimum atomic E-state index is -0.326. The third kappa shape index (κ3) is 6.67. The van der Waals surface area contributed by atoms with Crippen LogP contribution in [0.1, 0.15) is 36.7 Å². The molecule has 2 rings (SSSR count). The number of nitrogens with one attached hydrogen (secondary N) is 2. The highest BCUT2D eigenvalue weighted by Crippen LogP contribution is 2.15. The summed E-state index contributed by atoms with van der Waals surface area (Å²) in [6.07, 6.45) is 0. The molecule has 0 fully saturated rings. The summed E-state index contributed by atoms with van der Waals surface area (Å²) in [7, 11) is 0. The Bertz CT molecular complexity index is 721. The van der Waals surface area contributed by atoms with Crippen LogP contribution in [0.3, 0.4) is 0 Å². The SMILES string of the molecule is CC(C)(C)NC(=O)CNC(=O)c1cccc(OCc2ccccc2)c1. The molecule has 0 saturated carbocycles. The lowest BCUT2D eigenvalue weighted by molar-refractivity contribution is -0.121. The van der Waals surface area contributed by atoms with E-state index in [0.29, 0.717) is 17.9 Å². The van der Waals surface area contributed by atoms with Crippen LogP contribution in [-0.4, -0.2) is 23.9 Å².